The highest BCUT2D eigenvalue weighted by atomic mass is 79.9. The molecule has 1 rings (SSSR count). The Morgan fingerprint density at radius 3 is 2.75 bits per heavy atom. The van der Waals surface area contributed by atoms with Gasteiger partial charge in [-0.05, 0) is 24.1 Å². The lowest BCUT2D eigenvalue weighted by atomic mass is 10.2. The van der Waals surface area contributed by atoms with E-state index in [9.17, 15) is 0 Å². The number of rotatable bonds is 0. The molecule has 0 atom stereocenters. The molecule has 0 fully saturated rings. The van der Waals surface area contributed by atoms with Gasteiger partial charge in [0.15, 0.2) is 6.07 Å². The summed E-state index contributed by atoms with van der Waals surface area (Å²) >= 11 is 9.09. The smallest absolute Gasteiger partial charge is 0.152 e. The van der Waals surface area contributed by atoms with Crippen LogP contribution in [0.5, 0.6) is 0 Å². The lowest BCUT2D eigenvalue weighted by Gasteiger charge is -1.94. The molecular formula is C9H3BrClN. The Morgan fingerprint density at radius 1 is 1.42 bits per heavy atom. The molecule has 12 heavy (non-hydrogen) atoms. The van der Waals surface area contributed by atoms with Crippen LogP contribution in [0.2, 0.25) is 5.02 Å². The Morgan fingerprint density at radius 2 is 2.17 bits per heavy atom. The van der Waals surface area contributed by atoms with E-state index in [0.29, 0.717) is 10.6 Å². The lowest BCUT2D eigenvalue weighted by Crippen LogP contribution is -1.75. The van der Waals surface area contributed by atoms with Crippen molar-refractivity contribution in [3.05, 3.63) is 33.3 Å². The van der Waals surface area contributed by atoms with Crippen LogP contribution >= 0.6 is 27.5 Å². The molecule has 0 aromatic heterocycles. The summed E-state index contributed by atoms with van der Waals surface area (Å²) in [5, 5.41) is 8.75. The Kier molecular flexibility index (Phi) is 3.17. The van der Waals surface area contributed by atoms with Gasteiger partial charge in [-0.1, -0.05) is 27.5 Å². The summed E-state index contributed by atoms with van der Waals surface area (Å²) in [4.78, 5) is 0. The number of nitriles is 1. The van der Waals surface area contributed by atoms with Crippen molar-refractivity contribution in [2.75, 3.05) is 0 Å². The molecular weight excluding hydrogens is 237 g/mol. The van der Waals surface area contributed by atoms with Crippen LogP contribution in [0.4, 0.5) is 0 Å². The van der Waals surface area contributed by atoms with Gasteiger partial charge in [-0.3, -0.25) is 0 Å². The highest BCUT2D eigenvalue weighted by Gasteiger charge is 1.96. The minimum absolute atomic E-state index is 0.548. The molecule has 0 aliphatic carbocycles. The van der Waals surface area contributed by atoms with Crippen molar-refractivity contribution in [3.63, 3.8) is 0 Å². The van der Waals surface area contributed by atoms with E-state index in [1.165, 1.54) is 0 Å². The molecule has 0 N–H and O–H groups in total. The topological polar surface area (TPSA) is 23.8 Å². The predicted molar refractivity (Wildman–Crippen MR) is 51.6 cm³/mol. The second-order valence-corrected chi connectivity index (χ2v) is 3.31. The molecule has 1 nitrogen and oxygen atoms in total. The third-order valence-corrected chi connectivity index (χ3v) is 1.99. The summed E-state index contributed by atoms with van der Waals surface area (Å²) in [6.07, 6.45) is 0. The van der Waals surface area contributed by atoms with E-state index in [4.69, 9.17) is 16.9 Å². The van der Waals surface area contributed by atoms with E-state index >= 15 is 0 Å². The first-order chi connectivity index (χ1) is 5.74. The maximum atomic E-state index is 8.20. The quantitative estimate of drug-likeness (QED) is 0.640. The molecule has 0 spiro atoms. The van der Waals surface area contributed by atoms with Crippen LogP contribution in [-0.4, -0.2) is 0 Å². The SMILES string of the molecule is N#CC#Cc1ccc(Br)cc1Cl. The Hall–Kier alpha value is -0.960. The van der Waals surface area contributed by atoms with Gasteiger partial charge in [0.25, 0.3) is 0 Å². The Bertz CT molecular complexity index is 395. The van der Waals surface area contributed by atoms with E-state index in [0.717, 1.165) is 4.47 Å². The maximum absolute atomic E-state index is 8.20. The first-order valence-electron chi connectivity index (χ1n) is 3.09. The zero-order chi connectivity index (χ0) is 8.97. The molecule has 1 aromatic carbocycles. The molecule has 58 valence electrons. The average Bonchev–Trinajstić information content (AvgIpc) is 2.03. The van der Waals surface area contributed by atoms with E-state index in [2.05, 4.69) is 27.8 Å². The molecule has 0 saturated heterocycles. The minimum Gasteiger partial charge on any atom is -0.183 e. The fraction of sp³-hybridized carbons (Fsp3) is 0. The summed E-state index contributed by atoms with van der Waals surface area (Å²) in [6.45, 7) is 0. The fourth-order valence-electron chi connectivity index (χ4n) is 0.686. The first-order valence-corrected chi connectivity index (χ1v) is 4.26. The zero-order valence-electron chi connectivity index (χ0n) is 5.94. The van der Waals surface area contributed by atoms with E-state index in [1.54, 1.807) is 18.2 Å². The Balaban J connectivity index is 3.12. The van der Waals surface area contributed by atoms with Crippen LogP contribution in [0.1, 0.15) is 5.56 Å². The van der Waals surface area contributed by atoms with Crippen molar-refractivity contribution >= 4 is 27.5 Å². The van der Waals surface area contributed by atoms with Crippen LogP contribution in [0.15, 0.2) is 22.7 Å². The second-order valence-electron chi connectivity index (χ2n) is 1.99. The molecule has 0 saturated carbocycles. The molecule has 0 aliphatic heterocycles. The summed E-state index contributed by atoms with van der Waals surface area (Å²) < 4.78 is 0.898. The summed E-state index contributed by atoms with van der Waals surface area (Å²) in [6, 6.07) is 7.05. The molecule has 0 unspecified atom stereocenters. The van der Waals surface area contributed by atoms with Crippen molar-refractivity contribution in [2.45, 2.75) is 0 Å². The van der Waals surface area contributed by atoms with E-state index in [1.807, 2.05) is 6.07 Å². The predicted octanol–water partition coefficient (Wildman–Crippen LogP) is 2.98. The van der Waals surface area contributed by atoms with Crippen LogP contribution in [0, 0.1) is 23.2 Å². The van der Waals surface area contributed by atoms with Gasteiger partial charge in [0, 0.05) is 16.0 Å². The highest BCUT2D eigenvalue weighted by Crippen LogP contribution is 2.20. The van der Waals surface area contributed by atoms with E-state index < -0.39 is 0 Å². The van der Waals surface area contributed by atoms with Crippen molar-refractivity contribution in [1.82, 2.24) is 0 Å². The van der Waals surface area contributed by atoms with Gasteiger partial charge in [0.2, 0.25) is 0 Å². The number of halogens is 2. The van der Waals surface area contributed by atoms with Crippen LogP contribution < -0.4 is 0 Å². The zero-order valence-corrected chi connectivity index (χ0v) is 8.28. The third kappa shape index (κ3) is 2.27. The largest absolute Gasteiger partial charge is 0.183 e. The minimum atomic E-state index is 0.548. The fourth-order valence-corrected chi connectivity index (χ4v) is 1.41. The Labute approximate surface area is 84.1 Å². The molecule has 0 bridgehead atoms. The standard InChI is InChI=1S/C9H3BrClN/c10-8-4-3-7(2-1-5-12)9(11)6-8/h3-4,6H. The maximum Gasteiger partial charge on any atom is 0.152 e. The van der Waals surface area contributed by atoms with Crippen LogP contribution in [0.25, 0.3) is 0 Å². The van der Waals surface area contributed by atoms with Crippen molar-refractivity contribution in [2.24, 2.45) is 0 Å². The second kappa shape index (κ2) is 4.16. The number of hydrogen-bond donors (Lipinski definition) is 0. The summed E-state index contributed by atoms with van der Waals surface area (Å²) in [5.74, 6) is 4.91. The van der Waals surface area contributed by atoms with Gasteiger partial charge >= 0.3 is 0 Å². The number of hydrogen-bond acceptors (Lipinski definition) is 1. The molecule has 3 heteroatoms. The van der Waals surface area contributed by atoms with Gasteiger partial charge in [-0.15, -0.1) is 0 Å². The molecule has 1 aromatic rings. The summed E-state index contributed by atoms with van der Waals surface area (Å²) in [5.41, 5.74) is 0.668. The highest BCUT2D eigenvalue weighted by molar-refractivity contribution is 9.10. The van der Waals surface area contributed by atoms with Crippen molar-refractivity contribution < 1.29 is 0 Å². The molecule has 0 radical (unpaired) electrons. The first kappa shape index (κ1) is 9.13. The molecule has 0 aliphatic rings. The number of nitrogens with zero attached hydrogens (tertiary/aromatic N) is 1. The van der Waals surface area contributed by atoms with Crippen LogP contribution in [-0.2, 0) is 0 Å². The number of benzene rings is 1. The normalized spacial score (nSPS) is 8.08. The van der Waals surface area contributed by atoms with Crippen LogP contribution in [0.3, 0.4) is 0 Å². The molecule has 0 heterocycles. The average molecular weight is 240 g/mol. The van der Waals surface area contributed by atoms with Crippen molar-refractivity contribution in [1.29, 1.82) is 5.26 Å². The van der Waals surface area contributed by atoms with Gasteiger partial charge < -0.3 is 0 Å². The lowest BCUT2D eigenvalue weighted by molar-refractivity contribution is 1.54. The third-order valence-electron chi connectivity index (χ3n) is 1.18. The van der Waals surface area contributed by atoms with Gasteiger partial charge in [-0.25, -0.2) is 0 Å². The van der Waals surface area contributed by atoms with E-state index in [-0.39, 0.29) is 0 Å². The molecule has 0 amide bonds. The van der Waals surface area contributed by atoms with Gasteiger partial charge in [-0.2, -0.15) is 5.26 Å². The van der Waals surface area contributed by atoms with Crippen molar-refractivity contribution in [3.8, 4) is 17.9 Å². The van der Waals surface area contributed by atoms with Gasteiger partial charge in [0.1, 0.15) is 0 Å². The monoisotopic (exact) mass is 239 g/mol. The summed E-state index contributed by atoms with van der Waals surface area (Å²) in [7, 11) is 0. The van der Waals surface area contributed by atoms with Gasteiger partial charge in [0.05, 0.1) is 5.02 Å².